The van der Waals surface area contributed by atoms with Gasteiger partial charge in [0.15, 0.2) is 0 Å². The summed E-state index contributed by atoms with van der Waals surface area (Å²) in [6.07, 6.45) is 5.56. The van der Waals surface area contributed by atoms with Crippen molar-refractivity contribution in [3.8, 4) is 0 Å². The molecule has 1 aliphatic rings. The Morgan fingerprint density at radius 3 is 2.77 bits per heavy atom. The monoisotopic (exact) mass is 359 g/mol. The lowest BCUT2D eigenvalue weighted by atomic mass is 9.75. The van der Waals surface area contributed by atoms with Gasteiger partial charge in [-0.15, -0.1) is 0 Å². The smallest absolute Gasteiger partial charge is 0.345 e. The third-order valence-corrected chi connectivity index (χ3v) is 5.08. The fourth-order valence-corrected chi connectivity index (χ4v) is 3.58. The van der Waals surface area contributed by atoms with Crippen LogP contribution in [0, 0.1) is 19.8 Å². The third-order valence-electron chi connectivity index (χ3n) is 5.08. The van der Waals surface area contributed by atoms with E-state index in [0.29, 0.717) is 31.4 Å². The van der Waals surface area contributed by atoms with Crippen molar-refractivity contribution in [2.24, 2.45) is 13.0 Å². The predicted octanol–water partition coefficient (Wildman–Crippen LogP) is 0.681. The molecule has 3 rings (SSSR count). The molecule has 0 unspecified atom stereocenters. The molecule has 3 N–H and O–H groups in total. The average Bonchev–Trinajstić information content (AvgIpc) is 2.95. The molecule has 2 heterocycles. The van der Waals surface area contributed by atoms with Crippen molar-refractivity contribution in [2.45, 2.75) is 51.7 Å². The number of H-pyrrole nitrogens is 1. The Kier molecular flexibility index (Phi) is 5.22. The maximum atomic E-state index is 12.5. The van der Waals surface area contributed by atoms with Crippen LogP contribution in [0.3, 0.4) is 0 Å². The number of hydrogen-bond acceptors (Lipinski definition) is 5. The minimum absolute atomic E-state index is 0.0646. The van der Waals surface area contributed by atoms with E-state index >= 15 is 0 Å². The van der Waals surface area contributed by atoms with Crippen LogP contribution in [0.2, 0.25) is 0 Å². The molecule has 2 aromatic heterocycles. The molecule has 8 heteroatoms. The Balaban J connectivity index is 1.66. The van der Waals surface area contributed by atoms with E-state index in [9.17, 15) is 14.7 Å². The van der Waals surface area contributed by atoms with Crippen molar-refractivity contribution in [3.05, 3.63) is 45.4 Å². The molecule has 1 amide bonds. The first-order valence-corrected chi connectivity index (χ1v) is 8.86. The van der Waals surface area contributed by atoms with Gasteiger partial charge in [0.25, 0.3) is 0 Å². The lowest BCUT2D eigenvalue weighted by Gasteiger charge is -2.37. The molecule has 0 aromatic carbocycles. The number of aliphatic hydroxyl groups is 1. The Morgan fingerprint density at radius 1 is 1.46 bits per heavy atom. The van der Waals surface area contributed by atoms with Crippen LogP contribution in [0.5, 0.6) is 0 Å². The molecule has 0 aliphatic heterocycles. The van der Waals surface area contributed by atoms with Gasteiger partial charge in [-0.3, -0.25) is 9.48 Å². The summed E-state index contributed by atoms with van der Waals surface area (Å²) in [7, 11) is 1.84. The van der Waals surface area contributed by atoms with Crippen LogP contribution in [0.1, 0.15) is 47.8 Å². The maximum Gasteiger partial charge on any atom is 0.345 e. The topological polar surface area (TPSA) is 113 Å². The number of amides is 1. The fraction of sp³-hybridized carbons (Fsp3) is 0.556. The quantitative estimate of drug-likeness (QED) is 0.702. The van der Waals surface area contributed by atoms with Gasteiger partial charge >= 0.3 is 5.69 Å². The molecule has 0 bridgehead atoms. The van der Waals surface area contributed by atoms with Gasteiger partial charge in [-0.1, -0.05) is 0 Å². The van der Waals surface area contributed by atoms with Crippen LogP contribution >= 0.6 is 0 Å². The van der Waals surface area contributed by atoms with Crippen molar-refractivity contribution in [2.75, 3.05) is 0 Å². The van der Waals surface area contributed by atoms with E-state index in [1.54, 1.807) is 17.8 Å². The number of aromatic amines is 1. The molecule has 1 atom stereocenters. The highest BCUT2D eigenvalue weighted by atomic mass is 16.3. The first kappa shape index (κ1) is 18.3. The Hall–Kier alpha value is -2.48. The fourth-order valence-electron chi connectivity index (χ4n) is 3.58. The third kappa shape index (κ3) is 4.01. The summed E-state index contributed by atoms with van der Waals surface area (Å²) in [5.41, 5.74) is 2.90. The molecule has 0 saturated heterocycles. The summed E-state index contributed by atoms with van der Waals surface area (Å²) in [6, 6.07) is -0.143. The lowest BCUT2D eigenvalue weighted by molar-refractivity contribution is -0.123. The van der Waals surface area contributed by atoms with Crippen molar-refractivity contribution in [3.63, 3.8) is 0 Å². The molecule has 140 valence electrons. The van der Waals surface area contributed by atoms with Crippen molar-refractivity contribution >= 4 is 5.91 Å². The van der Waals surface area contributed by atoms with Crippen molar-refractivity contribution < 1.29 is 9.90 Å². The zero-order valence-corrected chi connectivity index (χ0v) is 15.3. The molecule has 1 saturated carbocycles. The second-order valence-electron chi connectivity index (χ2n) is 7.11. The van der Waals surface area contributed by atoms with E-state index < -0.39 is 0 Å². The molecule has 26 heavy (non-hydrogen) atoms. The zero-order valence-electron chi connectivity index (χ0n) is 15.3. The normalized spacial score (nSPS) is 20.5. The van der Waals surface area contributed by atoms with E-state index in [0.717, 1.165) is 16.8 Å². The van der Waals surface area contributed by atoms with Crippen LogP contribution < -0.4 is 11.0 Å². The number of aromatic nitrogens is 4. The van der Waals surface area contributed by atoms with Crippen molar-refractivity contribution in [1.29, 1.82) is 0 Å². The molecular weight excluding hydrogens is 334 g/mol. The SMILES string of the molecule is Cc1nc(=O)[nH]c(C)c1CCC(=O)N[C@@H](c1cnn(C)c1)C1CC(O)C1. The van der Waals surface area contributed by atoms with Gasteiger partial charge in [0.05, 0.1) is 18.3 Å². The largest absolute Gasteiger partial charge is 0.393 e. The summed E-state index contributed by atoms with van der Waals surface area (Å²) in [5.74, 6) is 0.154. The highest BCUT2D eigenvalue weighted by molar-refractivity contribution is 5.76. The van der Waals surface area contributed by atoms with Crippen LogP contribution in [-0.4, -0.2) is 36.9 Å². The number of aryl methyl sites for hydroxylation is 3. The molecule has 1 fully saturated rings. The van der Waals surface area contributed by atoms with Crippen LogP contribution in [-0.2, 0) is 18.3 Å². The standard InChI is InChI=1S/C18H25N5O3/c1-10-15(11(2)21-18(26)20-10)4-5-16(25)22-17(12-6-14(24)7-12)13-8-19-23(3)9-13/h8-9,12,14,17,24H,4-7H2,1-3H3,(H,22,25)(H,20,21,26)/t12?,14?,17-/m1/s1. The van der Waals surface area contributed by atoms with E-state index in [1.807, 2.05) is 20.2 Å². The van der Waals surface area contributed by atoms with Crippen LogP contribution in [0.15, 0.2) is 17.2 Å². The predicted molar refractivity (Wildman–Crippen MR) is 95.5 cm³/mol. The van der Waals surface area contributed by atoms with Gasteiger partial charge in [-0.25, -0.2) is 4.79 Å². The van der Waals surface area contributed by atoms with E-state index in [-0.39, 0.29) is 29.7 Å². The number of carbonyl (C=O) groups is 1. The highest BCUT2D eigenvalue weighted by Crippen LogP contribution is 2.38. The molecule has 1 aliphatic carbocycles. The molecule has 2 aromatic rings. The Morgan fingerprint density at radius 2 is 2.19 bits per heavy atom. The summed E-state index contributed by atoms with van der Waals surface area (Å²) in [6.45, 7) is 3.60. The van der Waals surface area contributed by atoms with E-state index in [1.165, 1.54) is 0 Å². The minimum Gasteiger partial charge on any atom is -0.393 e. The first-order valence-electron chi connectivity index (χ1n) is 8.86. The van der Waals surface area contributed by atoms with Gasteiger partial charge in [0.1, 0.15) is 0 Å². The lowest BCUT2D eigenvalue weighted by Crippen LogP contribution is -2.41. The second-order valence-corrected chi connectivity index (χ2v) is 7.11. The van der Waals surface area contributed by atoms with E-state index in [4.69, 9.17) is 0 Å². The van der Waals surface area contributed by atoms with Crippen molar-refractivity contribution in [1.82, 2.24) is 25.1 Å². The Labute approximate surface area is 151 Å². The number of aliphatic hydroxyl groups excluding tert-OH is 1. The highest BCUT2D eigenvalue weighted by Gasteiger charge is 2.36. The zero-order chi connectivity index (χ0) is 18.8. The van der Waals surface area contributed by atoms with Crippen LogP contribution in [0.4, 0.5) is 0 Å². The molecule has 8 nitrogen and oxygen atoms in total. The number of nitrogens with one attached hydrogen (secondary N) is 2. The van der Waals surface area contributed by atoms with Gasteiger partial charge in [-0.05, 0) is 44.6 Å². The van der Waals surface area contributed by atoms with Gasteiger partial charge < -0.3 is 15.4 Å². The van der Waals surface area contributed by atoms with Gasteiger partial charge in [0, 0.05) is 36.6 Å². The van der Waals surface area contributed by atoms with Gasteiger partial charge in [-0.2, -0.15) is 10.1 Å². The second kappa shape index (κ2) is 7.41. The first-order chi connectivity index (χ1) is 12.3. The minimum atomic E-state index is -0.367. The molecule has 0 spiro atoms. The number of nitrogens with zero attached hydrogens (tertiary/aromatic N) is 3. The molecular formula is C18H25N5O3. The maximum absolute atomic E-state index is 12.5. The Bertz CT molecular complexity index is 825. The summed E-state index contributed by atoms with van der Waals surface area (Å²) in [4.78, 5) is 30.5. The van der Waals surface area contributed by atoms with Crippen LogP contribution in [0.25, 0.3) is 0 Å². The summed E-state index contributed by atoms with van der Waals surface area (Å²) < 4.78 is 1.71. The number of rotatable bonds is 6. The van der Waals surface area contributed by atoms with E-state index in [2.05, 4.69) is 20.4 Å². The summed E-state index contributed by atoms with van der Waals surface area (Å²) in [5, 5.41) is 16.9. The number of hydrogen-bond donors (Lipinski definition) is 3. The van der Waals surface area contributed by atoms with Gasteiger partial charge in [0.2, 0.25) is 5.91 Å². The average molecular weight is 359 g/mol. The number of carbonyl (C=O) groups excluding carboxylic acids is 1. The summed E-state index contributed by atoms with van der Waals surface area (Å²) >= 11 is 0. The molecule has 0 radical (unpaired) electrons.